The smallest absolute Gasteiger partial charge is 0.399 e. The van der Waals surface area contributed by atoms with Gasteiger partial charge in [-0.25, -0.2) is 0 Å². The van der Waals surface area contributed by atoms with Gasteiger partial charge in [-0.3, -0.25) is 0 Å². The summed E-state index contributed by atoms with van der Waals surface area (Å²) in [6.07, 6.45) is 0. The molecule has 1 aliphatic rings. The zero-order chi connectivity index (χ0) is 19.5. The summed E-state index contributed by atoms with van der Waals surface area (Å²) in [5, 5.41) is 2.60. The van der Waals surface area contributed by atoms with E-state index in [4.69, 9.17) is 9.31 Å². The van der Waals surface area contributed by atoms with E-state index in [0.717, 1.165) is 5.46 Å². The summed E-state index contributed by atoms with van der Waals surface area (Å²) in [5.41, 5.74) is 2.94. The predicted octanol–water partition coefficient (Wildman–Crippen LogP) is 6.02. The SMILES string of the molecule is CC1(C)OB(c2ccc3c(c2)sc2ccc(-c4ccccc4)cc23)OC1(C)C. The summed E-state index contributed by atoms with van der Waals surface area (Å²) >= 11 is 1.83. The Labute approximate surface area is 170 Å². The van der Waals surface area contributed by atoms with E-state index in [2.05, 4.69) is 94.4 Å². The van der Waals surface area contributed by atoms with E-state index in [0.29, 0.717) is 0 Å². The molecule has 4 heteroatoms. The highest BCUT2D eigenvalue weighted by Gasteiger charge is 2.51. The Balaban J connectivity index is 1.57. The minimum Gasteiger partial charge on any atom is -0.399 e. The zero-order valence-electron chi connectivity index (χ0n) is 16.7. The minimum absolute atomic E-state index is 0.320. The molecule has 0 amide bonds. The standard InChI is InChI=1S/C24H23BO2S/c1-23(2)24(3,4)27-25(26-23)18-11-12-19-20-14-17(16-8-6-5-7-9-16)10-13-21(20)28-22(19)15-18/h5-15H,1-4H3. The third kappa shape index (κ3) is 2.79. The lowest BCUT2D eigenvalue weighted by Crippen LogP contribution is -2.41. The highest BCUT2D eigenvalue weighted by molar-refractivity contribution is 7.25. The van der Waals surface area contributed by atoms with Crippen LogP contribution in [0.2, 0.25) is 0 Å². The molecule has 0 N–H and O–H groups in total. The number of rotatable bonds is 2. The maximum Gasteiger partial charge on any atom is 0.494 e. The summed E-state index contributed by atoms with van der Waals surface area (Å²) in [4.78, 5) is 0. The number of hydrogen-bond donors (Lipinski definition) is 0. The molecule has 0 unspecified atom stereocenters. The number of fused-ring (bicyclic) bond motifs is 3. The lowest BCUT2D eigenvalue weighted by molar-refractivity contribution is 0.00578. The van der Waals surface area contributed by atoms with E-state index in [1.54, 1.807) is 0 Å². The second-order valence-corrected chi connectivity index (χ2v) is 9.61. The van der Waals surface area contributed by atoms with Gasteiger partial charge in [0.1, 0.15) is 0 Å². The van der Waals surface area contributed by atoms with Crippen molar-refractivity contribution in [1.82, 2.24) is 0 Å². The van der Waals surface area contributed by atoms with Crippen LogP contribution >= 0.6 is 11.3 Å². The van der Waals surface area contributed by atoms with Crippen molar-refractivity contribution in [2.45, 2.75) is 38.9 Å². The van der Waals surface area contributed by atoms with Gasteiger partial charge in [0.15, 0.2) is 0 Å². The van der Waals surface area contributed by atoms with Gasteiger partial charge in [0.05, 0.1) is 11.2 Å². The summed E-state index contributed by atoms with van der Waals surface area (Å²) in [6, 6.07) is 23.9. The van der Waals surface area contributed by atoms with Gasteiger partial charge >= 0.3 is 7.12 Å². The fraction of sp³-hybridized carbons (Fsp3) is 0.250. The van der Waals surface area contributed by atoms with Crippen LogP contribution in [0.15, 0.2) is 66.7 Å². The van der Waals surface area contributed by atoms with Gasteiger partial charge in [-0.05, 0) is 62.5 Å². The molecule has 1 aliphatic heterocycles. The second-order valence-electron chi connectivity index (χ2n) is 8.52. The molecule has 1 aromatic heterocycles. The third-order valence-corrected chi connectivity index (χ3v) is 7.26. The maximum atomic E-state index is 6.23. The number of thiophene rings is 1. The molecule has 5 rings (SSSR count). The van der Waals surface area contributed by atoms with Crippen molar-refractivity contribution >= 4 is 44.1 Å². The minimum atomic E-state index is -0.322. The molecule has 1 fully saturated rings. The topological polar surface area (TPSA) is 18.5 Å². The molecule has 2 nitrogen and oxygen atoms in total. The van der Waals surface area contributed by atoms with E-state index in [1.165, 1.54) is 31.3 Å². The summed E-state index contributed by atoms with van der Waals surface area (Å²) in [6.45, 7) is 8.37. The van der Waals surface area contributed by atoms with Crippen LogP contribution in [0.4, 0.5) is 0 Å². The van der Waals surface area contributed by atoms with Crippen LogP contribution in [-0.2, 0) is 9.31 Å². The van der Waals surface area contributed by atoms with E-state index in [9.17, 15) is 0 Å². The van der Waals surface area contributed by atoms with Crippen LogP contribution in [0, 0.1) is 0 Å². The van der Waals surface area contributed by atoms with Crippen molar-refractivity contribution in [3.05, 3.63) is 66.7 Å². The first-order chi connectivity index (χ1) is 13.3. The quantitative estimate of drug-likeness (QED) is 0.392. The molecule has 0 aliphatic carbocycles. The molecular weight excluding hydrogens is 363 g/mol. The Morgan fingerprint density at radius 1 is 0.679 bits per heavy atom. The van der Waals surface area contributed by atoms with Crippen molar-refractivity contribution in [2.75, 3.05) is 0 Å². The normalized spacial score (nSPS) is 18.2. The summed E-state index contributed by atoms with van der Waals surface area (Å²) < 4.78 is 15.0. The molecule has 4 aromatic rings. The van der Waals surface area contributed by atoms with Gasteiger partial charge in [-0.1, -0.05) is 48.5 Å². The van der Waals surface area contributed by atoms with Crippen LogP contribution in [0.25, 0.3) is 31.3 Å². The zero-order valence-corrected chi connectivity index (χ0v) is 17.5. The third-order valence-electron chi connectivity index (χ3n) is 6.13. The fourth-order valence-electron chi connectivity index (χ4n) is 3.73. The lowest BCUT2D eigenvalue weighted by atomic mass is 9.79. The molecule has 140 valence electrons. The Morgan fingerprint density at radius 3 is 2.11 bits per heavy atom. The van der Waals surface area contributed by atoms with Crippen LogP contribution < -0.4 is 5.46 Å². The maximum absolute atomic E-state index is 6.23. The second kappa shape index (κ2) is 6.18. The monoisotopic (exact) mass is 386 g/mol. The van der Waals surface area contributed by atoms with Crippen molar-refractivity contribution < 1.29 is 9.31 Å². The Kier molecular flexibility index (Phi) is 3.96. The highest BCUT2D eigenvalue weighted by Crippen LogP contribution is 2.38. The van der Waals surface area contributed by atoms with Gasteiger partial charge in [0.25, 0.3) is 0 Å². The Hall–Kier alpha value is -2.14. The van der Waals surface area contributed by atoms with Crippen molar-refractivity contribution in [1.29, 1.82) is 0 Å². The molecule has 0 atom stereocenters. The van der Waals surface area contributed by atoms with E-state index >= 15 is 0 Å². The molecule has 28 heavy (non-hydrogen) atoms. The van der Waals surface area contributed by atoms with Crippen molar-refractivity contribution in [3.63, 3.8) is 0 Å². The molecular formula is C24H23BO2S. The molecule has 0 spiro atoms. The van der Waals surface area contributed by atoms with Crippen LogP contribution in [0.5, 0.6) is 0 Å². The lowest BCUT2D eigenvalue weighted by Gasteiger charge is -2.32. The van der Waals surface area contributed by atoms with Gasteiger partial charge in [0.2, 0.25) is 0 Å². The van der Waals surface area contributed by atoms with Crippen molar-refractivity contribution in [2.24, 2.45) is 0 Å². The van der Waals surface area contributed by atoms with Gasteiger partial charge in [-0.15, -0.1) is 11.3 Å². The summed E-state index contributed by atoms with van der Waals surface area (Å²) in [5.74, 6) is 0. The van der Waals surface area contributed by atoms with Gasteiger partial charge < -0.3 is 9.31 Å². The Morgan fingerprint density at radius 2 is 1.39 bits per heavy atom. The van der Waals surface area contributed by atoms with Crippen LogP contribution in [0.3, 0.4) is 0 Å². The average Bonchev–Trinajstić information content (AvgIpc) is 3.14. The van der Waals surface area contributed by atoms with E-state index in [1.807, 2.05) is 11.3 Å². The average molecular weight is 386 g/mol. The first kappa shape index (κ1) is 17.9. The van der Waals surface area contributed by atoms with E-state index < -0.39 is 0 Å². The predicted molar refractivity (Wildman–Crippen MR) is 120 cm³/mol. The Bertz CT molecular complexity index is 1160. The largest absolute Gasteiger partial charge is 0.494 e. The first-order valence-corrected chi connectivity index (χ1v) is 10.5. The highest BCUT2D eigenvalue weighted by atomic mass is 32.1. The van der Waals surface area contributed by atoms with Crippen molar-refractivity contribution in [3.8, 4) is 11.1 Å². The van der Waals surface area contributed by atoms with Crippen LogP contribution in [0.1, 0.15) is 27.7 Å². The molecule has 0 saturated carbocycles. The molecule has 3 aromatic carbocycles. The van der Waals surface area contributed by atoms with Crippen LogP contribution in [-0.4, -0.2) is 18.3 Å². The number of benzene rings is 3. The molecule has 0 bridgehead atoms. The first-order valence-electron chi connectivity index (χ1n) is 9.71. The van der Waals surface area contributed by atoms with E-state index in [-0.39, 0.29) is 18.3 Å². The molecule has 2 heterocycles. The molecule has 1 saturated heterocycles. The molecule has 0 radical (unpaired) electrons. The fourth-order valence-corrected chi connectivity index (χ4v) is 4.86. The van der Waals surface area contributed by atoms with Gasteiger partial charge in [0, 0.05) is 20.2 Å². The number of hydrogen-bond acceptors (Lipinski definition) is 3. The summed E-state index contributed by atoms with van der Waals surface area (Å²) in [7, 11) is -0.320. The van der Waals surface area contributed by atoms with Gasteiger partial charge in [-0.2, -0.15) is 0 Å².